The third-order valence-corrected chi connectivity index (χ3v) is 5.37. The van der Waals surface area contributed by atoms with Gasteiger partial charge in [-0.15, -0.1) is 0 Å². The van der Waals surface area contributed by atoms with Crippen LogP contribution in [0, 0.1) is 0 Å². The van der Waals surface area contributed by atoms with Crippen molar-refractivity contribution in [2.75, 3.05) is 32.6 Å². The molecule has 1 aromatic heterocycles. The van der Waals surface area contributed by atoms with Gasteiger partial charge in [0.1, 0.15) is 16.5 Å². The summed E-state index contributed by atoms with van der Waals surface area (Å²) in [7, 11) is 3.47. The third-order valence-electron chi connectivity index (χ3n) is 5.09. The molecule has 0 atom stereocenters. The number of nitrogens with two attached hydrogens (primary N) is 1. The molecule has 0 radical (unpaired) electrons. The van der Waals surface area contributed by atoms with Gasteiger partial charge in [-0.25, -0.2) is 9.97 Å². The number of primary amides is 1. The topological polar surface area (TPSA) is 93.4 Å². The minimum absolute atomic E-state index is 0.0394. The second kappa shape index (κ2) is 8.65. The number of piperidine rings is 1. The van der Waals surface area contributed by atoms with Gasteiger partial charge in [-0.3, -0.25) is 4.79 Å². The van der Waals surface area contributed by atoms with Crippen molar-refractivity contribution >= 4 is 29.1 Å². The van der Waals surface area contributed by atoms with Crippen molar-refractivity contribution in [3.8, 4) is 5.75 Å². The maximum Gasteiger partial charge on any atom is 0.420 e. The van der Waals surface area contributed by atoms with E-state index in [4.69, 9.17) is 22.1 Å². The third kappa shape index (κ3) is 4.59. The van der Waals surface area contributed by atoms with Crippen LogP contribution in [0.5, 0.6) is 5.75 Å². The Morgan fingerprint density at radius 2 is 2.00 bits per heavy atom. The van der Waals surface area contributed by atoms with Crippen LogP contribution in [0.15, 0.2) is 18.3 Å². The normalized spacial score (nSPS) is 15.8. The molecule has 1 saturated heterocycles. The van der Waals surface area contributed by atoms with E-state index in [1.54, 1.807) is 12.1 Å². The Balaban J connectivity index is 2.00. The summed E-state index contributed by atoms with van der Waals surface area (Å²) >= 11 is 5.68. The van der Waals surface area contributed by atoms with Gasteiger partial charge in [0.05, 0.1) is 12.8 Å². The average Bonchev–Trinajstić information content (AvgIpc) is 2.67. The van der Waals surface area contributed by atoms with E-state index in [1.807, 2.05) is 7.05 Å². The van der Waals surface area contributed by atoms with Gasteiger partial charge in [-0.1, -0.05) is 11.6 Å². The van der Waals surface area contributed by atoms with Crippen LogP contribution < -0.4 is 15.8 Å². The molecular weight excluding hydrogens is 423 g/mol. The van der Waals surface area contributed by atoms with Crippen LogP contribution in [0.3, 0.4) is 0 Å². The number of rotatable bonds is 5. The molecule has 11 heteroatoms. The fraction of sp³-hybridized carbons (Fsp3) is 0.421. The van der Waals surface area contributed by atoms with Gasteiger partial charge in [0.2, 0.25) is 11.9 Å². The summed E-state index contributed by atoms with van der Waals surface area (Å²) < 4.78 is 44.2. The van der Waals surface area contributed by atoms with Crippen LogP contribution >= 0.6 is 11.6 Å². The Labute approximate surface area is 176 Å². The van der Waals surface area contributed by atoms with Gasteiger partial charge in [-0.2, -0.15) is 13.2 Å². The number of hydrogen-bond acceptors (Lipinski definition) is 6. The van der Waals surface area contributed by atoms with Crippen molar-refractivity contribution in [3.05, 3.63) is 40.2 Å². The summed E-state index contributed by atoms with van der Waals surface area (Å²) in [6.07, 6.45) is -2.43. The van der Waals surface area contributed by atoms with Crippen LogP contribution in [0.1, 0.15) is 40.2 Å². The molecule has 0 unspecified atom stereocenters. The number of carbonyl (C=O) groups is 1. The molecule has 1 amide bonds. The number of amides is 1. The predicted molar refractivity (Wildman–Crippen MR) is 106 cm³/mol. The van der Waals surface area contributed by atoms with E-state index in [-0.39, 0.29) is 11.9 Å². The Bertz CT molecular complexity index is 946. The maximum atomic E-state index is 12.9. The Hall–Kier alpha value is -2.59. The molecule has 3 N–H and O–H groups in total. The van der Waals surface area contributed by atoms with E-state index in [2.05, 4.69) is 20.2 Å². The summed E-state index contributed by atoms with van der Waals surface area (Å²) in [5, 5.41) is 2.12. The summed E-state index contributed by atoms with van der Waals surface area (Å²) in [5.74, 6) is -0.298. The van der Waals surface area contributed by atoms with E-state index >= 15 is 0 Å². The van der Waals surface area contributed by atoms with Crippen LogP contribution in [0.25, 0.3) is 0 Å². The van der Waals surface area contributed by atoms with Crippen molar-refractivity contribution < 1.29 is 22.7 Å². The molecule has 1 aromatic carbocycles. The van der Waals surface area contributed by atoms with Crippen molar-refractivity contribution in [1.29, 1.82) is 0 Å². The van der Waals surface area contributed by atoms with E-state index < -0.39 is 22.8 Å². The minimum atomic E-state index is -4.66. The molecule has 1 fully saturated rings. The molecule has 0 saturated carbocycles. The number of nitrogens with zero attached hydrogens (tertiary/aromatic N) is 3. The quantitative estimate of drug-likeness (QED) is 0.682. The van der Waals surface area contributed by atoms with Crippen molar-refractivity contribution in [3.63, 3.8) is 0 Å². The molecule has 0 aliphatic carbocycles. The van der Waals surface area contributed by atoms with Crippen molar-refractivity contribution in [2.45, 2.75) is 24.9 Å². The number of anilines is 2. The van der Waals surface area contributed by atoms with Gasteiger partial charge in [0.25, 0.3) is 0 Å². The molecule has 1 aliphatic rings. The number of methoxy groups -OCH3 is 1. The first-order valence-electron chi connectivity index (χ1n) is 9.17. The molecule has 2 aromatic rings. The number of alkyl halides is 3. The zero-order valence-corrected chi connectivity index (χ0v) is 17.1. The molecule has 30 heavy (non-hydrogen) atoms. The van der Waals surface area contributed by atoms with Crippen molar-refractivity contribution in [1.82, 2.24) is 14.9 Å². The van der Waals surface area contributed by atoms with E-state index in [0.29, 0.717) is 28.8 Å². The van der Waals surface area contributed by atoms with Gasteiger partial charge >= 0.3 is 6.18 Å². The lowest BCUT2D eigenvalue weighted by atomic mass is 9.85. The lowest BCUT2D eigenvalue weighted by molar-refractivity contribution is -0.137. The van der Waals surface area contributed by atoms with Crippen LogP contribution in [0.2, 0.25) is 5.15 Å². The second-order valence-corrected chi connectivity index (χ2v) is 7.43. The number of nitrogens with one attached hydrogen (secondary N) is 1. The number of ether oxygens (including phenoxy) is 1. The van der Waals surface area contributed by atoms with Crippen LogP contribution in [-0.2, 0) is 6.18 Å². The zero-order chi connectivity index (χ0) is 22.1. The number of hydrogen-bond donors (Lipinski definition) is 2. The molecule has 162 valence electrons. The van der Waals surface area contributed by atoms with Gasteiger partial charge in [0.15, 0.2) is 0 Å². The zero-order valence-electron chi connectivity index (χ0n) is 16.4. The second-order valence-electron chi connectivity index (χ2n) is 7.07. The Morgan fingerprint density at radius 1 is 1.33 bits per heavy atom. The summed E-state index contributed by atoms with van der Waals surface area (Å²) in [6.45, 7) is 1.70. The lowest BCUT2D eigenvalue weighted by Gasteiger charge is -2.31. The van der Waals surface area contributed by atoms with Gasteiger partial charge in [0, 0.05) is 17.3 Å². The maximum absolute atomic E-state index is 12.9. The first-order chi connectivity index (χ1) is 14.1. The van der Waals surface area contributed by atoms with Gasteiger partial charge < -0.3 is 20.7 Å². The van der Waals surface area contributed by atoms with E-state index in [0.717, 1.165) is 25.9 Å². The molecule has 3 rings (SSSR count). The molecule has 1 aliphatic heterocycles. The highest BCUT2D eigenvalue weighted by Crippen LogP contribution is 2.42. The molecule has 7 nitrogen and oxygen atoms in total. The van der Waals surface area contributed by atoms with Crippen molar-refractivity contribution in [2.24, 2.45) is 5.73 Å². The summed E-state index contributed by atoms with van der Waals surface area (Å²) in [5.41, 5.74) is 5.86. The lowest BCUT2D eigenvalue weighted by Crippen LogP contribution is -2.30. The smallest absolute Gasteiger partial charge is 0.420 e. The minimum Gasteiger partial charge on any atom is -0.494 e. The predicted octanol–water partition coefficient (Wildman–Crippen LogP) is 3.81. The molecule has 0 spiro atoms. The Morgan fingerprint density at radius 3 is 2.53 bits per heavy atom. The van der Waals surface area contributed by atoms with E-state index in [1.165, 1.54) is 7.11 Å². The molecular formula is C19H21ClF3N5O2. The fourth-order valence-corrected chi connectivity index (χ4v) is 3.80. The summed E-state index contributed by atoms with van der Waals surface area (Å²) in [4.78, 5) is 21.6. The van der Waals surface area contributed by atoms with Crippen LogP contribution in [0.4, 0.5) is 24.8 Å². The SMILES string of the molecule is COc1c(Nc2ncc(C(F)(F)F)c(Cl)n2)ccc(C(N)=O)c1C1CCN(C)CC1. The number of halogens is 4. The standard InChI is InChI=1S/C19H21ClF3N5O2/c1-28-7-5-10(6-8-28)14-11(17(24)29)3-4-13(15(14)30-2)26-18-25-9-12(16(20)27-18)19(21,22)23/h3-4,9-10H,5-8H2,1-2H3,(H2,24,29)(H,25,26,27). The summed E-state index contributed by atoms with van der Waals surface area (Å²) in [6, 6.07) is 3.11. The monoisotopic (exact) mass is 443 g/mol. The molecule has 0 bridgehead atoms. The number of carbonyl (C=O) groups excluding carboxylic acids is 1. The molecule has 2 heterocycles. The largest absolute Gasteiger partial charge is 0.494 e. The Kier molecular flexibility index (Phi) is 6.37. The highest BCUT2D eigenvalue weighted by atomic mass is 35.5. The van der Waals surface area contributed by atoms with E-state index in [9.17, 15) is 18.0 Å². The first kappa shape index (κ1) is 22.1. The fourth-order valence-electron chi connectivity index (χ4n) is 3.57. The number of aromatic nitrogens is 2. The first-order valence-corrected chi connectivity index (χ1v) is 9.55. The number of benzene rings is 1. The van der Waals surface area contributed by atoms with Gasteiger partial charge in [-0.05, 0) is 51.0 Å². The highest BCUT2D eigenvalue weighted by Gasteiger charge is 2.35. The number of likely N-dealkylation sites (tertiary alicyclic amines) is 1. The highest BCUT2D eigenvalue weighted by molar-refractivity contribution is 6.30. The van der Waals surface area contributed by atoms with Crippen LogP contribution in [-0.4, -0.2) is 48.0 Å². The average molecular weight is 444 g/mol.